The minimum Gasteiger partial charge on any atom is -0.426 e. The van der Waals surface area contributed by atoms with Crippen LogP contribution in [0.4, 0.5) is 0 Å². The molecule has 3 rings (SSSR count). The molecule has 0 radical (unpaired) electrons. The quantitative estimate of drug-likeness (QED) is 0.558. The van der Waals surface area contributed by atoms with E-state index in [0.29, 0.717) is 5.75 Å². The third kappa shape index (κ3) is 5.22. The van der Waals surface area contributed by atoms with Crippen molar-refractivity contribution in [1.29, 1.82) is 0 Å². The smallest absolute Gasteiger partial charge is 0.308 e. The van der Waals surface area contributed by atoms with Crippen LogP contribution in [-0.4, -0.2) is 20.9 Å². The summed E-state index contributed by atoms with van der Waals surface area (Å²) < 4.78 is 7.39. The van der Waals surface area contributed by atoms with E-state index >= 15 is 0 Å². The first-order valence-corrected chi connectivity index (χ1v) is 10.4. The highest BCUT2D eigenvalue weighted by atomic mass is 32.2. The Hall–Kier alpha value is -2.08. The fourth-order valence-electron chi connectivity index (χ4n) is 3.60. The summed E-state index contributed by atoms with van der Waals surface area (Å²) >= 11 is 1.28. The monoisotopic (exact) mass is 386 g/mol. The molecule has 0 amide bonds. The molecule has 1 aromatic carbocycles. The molecule has 0 N–H and O–H groups in total. The summed E-state index contributed by atoms with van der Waals surface area (Å²) in [6, 6.07) is 6.36. The van der Waals surface area contributed by atoms with Crippen LogP contribution in [0.5, 0.6) is 5.75 Å². The molecule has 0 spiro atoms. The summed E-state index contributed by atoms with van der Waals surface area (Å²) in [5.41, 5.74) is 5.77. The zero-order chi connectivity index (χ0) is 19.4. The van der Waals surface area contributed by atoms with Gasteiger partial charge in [0.2, 0.25) is 0 Å². The number of carbonyl (C=O) groups is 2. The molecule has 144 valence electrons. The molecule has 1 aliphatic carbocycles. The molecule has 0 bridgehead atoms. The van der Waals surface area contributed by atoms with Gasteiger partial charge in [0.15, 0.2) is 5.12 Å². The number of hydrogen-bond donors (Lipinski definition) is 0. The number of rotatable bonds is 6. The van der Waals surface area contributed by atoms with Crippen molar-refractivity contribution in [3.8, 4) is 5.75 Å². The summed E-state index contributed by atoms with van der Waals surface area (Å²) in [6.45, 7) is 3.03. The molecule has 0 fully saturated rings. The standard InChI is InChI=1S/C21H26N2O3S/c1-14(24)26-21-11-16(10-17-6-4-5-7-20(17)21)8-9-19-12-18(22-23(19)3)13-27-15(2)25/h10-12H,4-9,13H2,1-3H3. The Morgan fingerprint density at radius 1 is 1.15 bits per heavy atom. The SMILES string of the molecule is CC(=O)Oc1cc(CCc2cc(CSC(C)=O)nn2C)cc2c1CCCC2. The largest absolute Gasteiger partial charge is 0.426 e. The fourth-order valence-corrected chi connectivity index (χ4v) is 4.10. The average molecular weight is 387 g/mol. The first-order chi connectivity index (χ1) is 12.9. The number of aryl methyl sites for hydroxylation is 4. The maximum absolute atomic E-state index is 11.5. The van der Waals surface area contributed by atoms with Crippen molar-refractivity contribution < 1.29 is 14.3 Å². The Bertz CT molecular complexity index is 857. The Balaban J connectivity index is 1.74. The Morgan fingerprint density at radius 2 is 1.93 bits per heavy atom. The third-order valence-corrected chi connectivity index (χ3v) is 5.70. The first-order valence-electron chi connectivity index (χ1n) is 9.40. The molecule has 6 heteroatoms. The number of hydrogen-bond acceptors (Lipinski definition) is 5. The molecule has 0 saturated heterocycles. The zero-order valence-corrected chi connectivity index (χ0v) is 17.0. The number of aromatic nitrogens is 2. The highest BCUT2D eigenvalue weighted by Gasteiger charge is 2.17. The fraction of sp³-hybridized carbons (Fsp3) is 0.476. The van der Waals surface area contributed by atoms with Crippen LogP contribution < -0.4 is 4.74 Å². The lowest BCUT2D eigenvalue weighted by atomic mass is 9.88. The lowest BCUT2D eigenvalue weighted by molar-refractivity contribution is -0.131. The van der Waals surface area contributed by atoms with Crippen LogP contribution in [-0.2, 0) is 48.1 Å². The summed E-state index contributed by atoms with van der Waals surface area (Å²) in [4.78, 5) is 22.6. The highest BCUT2D eigenvalue weighted by Crippen LogP contribution is 2.32. The lowest BCUT2D eigenvalue weighted by Crippen LogP contribution is -2.10. The average Bonchev–Trinajstić information content (AvgIpc) is 2.97. The molecule has 1 aliphatic rings. The van der Waals surface area contributed by atoms with Crippen molar-refractivity contribution in [2.75, 3.05) is 0 Å². The van der Waals surface area contributed by atoms with Crippen molar-refractivity contribution in [2.24, 2.45) is 7.05 Å². The maximum atomic E-state index is 11.5. The molecule has 27 heavy (non-hydrogen) atoms. The van der Waals surface area contributed by atoms with E-state index in [1.807, 2.05) is 17.8 Å². The number of carbonyl (C=O) groups excluding carboxylic acids is 2. The lowest BCUT2D eigenvalue weighted by Gasteiger charge is -2.20. The maximum Gasteiger partial charge on any atom is 0.308 e. The number of ether oxygens (including phenoxy) is 1. The van der Waals surface area contributed by atoms with Gasteiger partial charge in [0.25, 0.3) is 0 Å². The topological polar surface area (TPSA) is 61.2 Å². The number of fused-ring (bicyclic) bond motifs is 1. The van der Waals surface area contributed by atoms with Crippen molar-refractivity contribution in [2.45, 2.75) is 58.1 Å². The van der Waals surface area contributed by atoms with Crippen LogP contribution >= 0.6 is 11.8 Å². The number of thioether (sulfide) groups is 1. The van der Waals surface area contributed by atoms with E-state index in [9.17, 15) is 9.59 Å². The van der Waals surface area contributed by atoms with E-state index < -0.39 is 0 Å². The zero-order valence-electron chi connectivity index (χ0n) is 16.2. The van der Waals surface area contributed by atoms with E-state index in [0.717, 1.165) is 49.2 Å². The molecule has 0 atom stereocenters. The van der Waals surface area contributed by atoms with E-state index in [1.165, 1.54) is 41.8 Å². The van der Waals surface area contributed by atoms with Crippen molar-refractivity contribution in [3.63, 3.8) is 0 Å². The molecule has 5 nitrogen and oxygen atoms in total. The van der Waals surface area contributed by atoms with Crippen LogP contribution in [0.25, 0.3) is 0 Å². The van der Waals surface area contributed by atoms with Crippen molar-refractivity contribution in [1.82, 2.24) is 9.78 Å². The molecule has 1 heterocycles. The summed E-state index contributed by atoms with van der Waals surface area (Å²) in [5.74, 6) is 1.08. The van der Waals surface area contributed by atoms with Crippen LogP contribution in [0, 0.1) is 0 Å². The second-order valence-electron chi connectivity index (χ2n) is 7.06. The predicted molar refractivity (Wildman–Crippen MR) is 107 cm³/mol. The van der Waals surface area contributed by atoms with E-state index in [-0.39, 0.29) is 11.1 Å². The van der Waals surface area contributed by atoms with Gasteiger partial charge in [0.1, 0.15) is 5.75 Å². The Labute approximate surface area is 164 Å². The molecule has 1 aromatic heterocycles. The summed E-state index contributed by atoms with van der Waals surface area (Å²) in [7, 11) is 1.94. The molecular formula is C21H26N2O3S. The molecule has 0 unspecified atom stereocenters. The van der Waals surface area contributed by atoms with Crippen LogP contribution in [0.1, 0.15) is 54.8 Å². The first kappa shape index (κ1) is 19.7. The number of benzene rings is 1. The van der Waals surface area contributed by atoms with Gasteiger partial charge in [-0.1, -0.05) is 17.8 Å². The van der Waals surface area contributed by atoms with Crippen LogP contribution in [0.2, 0.25) is 0 Å². The van der Waals surface area contributed by atoms with E-state index in [4.69, 9.17) is 4.74 Å². The second kappa shape index (κ2) is 8.74. The predicted octanol–water partition coefficient (Wildman–Crippen LogP) is 3.79. The number of esters is 1. The van der Waals surface area contributed by atoms with Gasteiger partial charge in [-0.05, 0) is 67.3 Å². The number of nitrogens with zero attached hydrogens (tertiary/aromatic N) is 2. The second-order valence-corrected chi connectivity index (χ2v) is 8.22. The Kier molecular flexibility index (Phi) is 6.37. The minimum absolute atomic E-state index is 0.106. The van der Waals surface area contributed by atoms with Gasteiger partial charge in [-0.15, -0.1) is 0 Å². The molecule has 0 aliphatic heterocycles. The van der Waals surface area contributed by atoms with E-state index in [2.05, 4.69) is 17.2 Å². The van der Waals surface area contributed by atoms with Gasteiger partial charge >= 0.3 is 5.97 Å². The van der Waals surface area contributed by atoms with Gasteiger partial charge in [-0.2, -0.15) is 5.10 Å². The molecule has 2 aromatic rings. The minimum atomic E-state index is -0.265. The normalized spacial score (nSPS) is 13.3. The van der Waals surface area contributed by atoms with E-state index in [1.54, 1.807) is 6.92 Å². The van der Waals surface area contributed by atoms with Gasteiger partial charge in [0.05, 0.1) is 5.69 Å². The molecular weight excluding hydrogens is 360 g/mol. The van der Waals surface area contributed by atoms with Gasteiger partial charge in [-0.3, -0.25) is 14.3 Å². The van der Waals surface area contributed by atoms with Gasteiger partial charge in [0, 0.05) is 32.3 Å². The van der Waals surface area contributed by atoms with Crippen LogP contribution in [0.15, 0.2) is 18.2 Å². The summed E-state index contributed by atoms with van der Waals surface area (Å²) in [6.07, 6.45) is 6.09. The van der Waals surface area contributed by atoms with Crippen molar-refractivity contribution >= 4 is 22.8 Å². The van der Waals surface area contributed by atoms with Crippen LogP contribution in [0.3, 0.4) is 0 Å². The van der Waals surface area contributed by atoms with Gasteiger partial charge < -0.3 is 4.74 Å². The highest BCUT2D eigenvalue weighted by molar-refractivity contribution is 8.12. The third-order valence-electron chi connectivity index (χ3n) is 4.86. The Morgan fingerprint density at radius 3 is 2.67 bits per heavy atom. The summed E-state index contributed by atoms with van der Waals surface area (Å²) in [5, 5.41) is 4.60. The van der Waals surface area contributed by atoms with Crippen molar-refractivity contribution in [3.05, 3.63) is 46.3 Å². The van der Waals surface area contributed by atoms with Gasteiger partial charge in [-0.25, -0.2) is 0 Å². The molecule has 0 saturated carbocycles.